The van der Waals surface area contributed by atoms with Crippen LogP contribution in [0.4, 0.5) is 4.39 Å². The van der Waals surface area contributed by atoms with Gasteiger partial charge in [-0.15, -0.1) is 0 Å². The van der Waals surface area contributed by atoms with E-state index in [-0.39, 0.29) is 11.8 Å². The zero-order chi connectivity index (χ0) is 13.8. The maximum atomic E-state index is 13.7. The summed E-state index contributed by atoms with van der Waals surface area (Å²) in [5.74, 6) is -0.215. The third kappa shape index (κ3) is 4.01. The van der Waals surface area contributed by atoms with Gasteiger partial charge in [0.05, 0.1) is 18.1 Å². The SMILES string of the molecule is C[C@H](N)c1ccc(OCCC(C)(C)C#N)c(F)c1. The molecule has 0 saturated carbocycles. The van der Waals surface area contributed by atoms with E-state index in [1.165, 1.54) is 6.07 Å². The first-order chi connectivity index (χ1) is 8.35. The van der Waals surface area contributed by atoms with Crippen molar-refractivity contribution < 1.29 is 9.13 Å². The second-order valence-corrected chi connectivity index (χ2v) is 5.07. The summed E-state index contributed by atoms with van der Waals surface area (Å²) in [6.45, 7) is 5.76. The van der Waals surface area contributed by atoms with Gasteiger partial charge in [0.15, 0.2) is 11.6 Å². The van der Waals surface area contributed by atoms with Crippen LogP contribution in [0.25, 0.3) is 0 Å². The predicted octanol–water partition coefficient (Wildman–Crippen LogP) is 3.16. The van der Waals surface area contributed by atoms with E-state index in [4.69, 9.17) is 15.7 Å². The second-order valence-electron chi connectivity index (χ2n) is 5.07. The molecule has 0 saturated heterocycles. The van der Waals surface area contributed by atoms with Crippen molar-refractivity contribution in [2.45, 2.75) is 33.2 Å². The zero-order valence-electron chi connectivity index (χ0n) is 11.0. The van der Waals surface area contributed by atoms with Gasteiger partial charge in [0.25, 0.3) is 0 Å². The zero-order valence-corrected chi connectivity index (χ0v) is 11.0. The number of nitrogens with zero attached hydrogens (tertiary/aromatic N) is 1. The molecule has 0 aliphatic carbocycles. The van der Waals surface area contributed by atoms with E-state index < -0.39 is 11.2 Å². The van der Waals surface area contributed by atoms with Crippen LogP contribution in [0.1, 0.15) is 38.8 Å². The molecule has 0 fully saturated rings. The van der Waals surface area contributed by atoms with Crippen molar-refractivity contribution in [3.8, 4) is 11.8 Å². The summed E-state index contributed by atoms with van der Waals surface area (Å²) in [6.07, 6.45) is 0.554. The van der Waals surface area contributed by atoms with Gasteiger partial charge < -0.3 is 10.5 Å². The molecule has 0 bridgehead atoms. The maximum absolute atomic E-state index is 13.7. The lowest BCUT2D eigenvalue weighted by Crippen LogP contribution is -2.13. The van der Waals surface area contributed by atoms with E-state index in [1.54, 1.807) is 19.1 Å². The normalized spacial score (nSPS) is 12.9. The van der Waals surface area contributed by atoms with Gasteiger partial charge in [-0.2, -0.15) is 5.26 Å². The summed E-state index contributed by atoms with van der Waals surface area (Å²) in [7, 11) is 0. The summed E-state index contributed by atoms with van der Waals surface area (Å²) >= 11 is 0. The predicted molar refractivity (Wildman–Crippen MR) is 68.5 cm³/mol. The molecule has 0 spiro atoms. The minimum Gasteiger partial charge on any atom is -0.490 e. The Morgan fingerprint density at radius 2 is 2.17 bits per heavy atom. The molecule has 0 amide bonds. The topological polar surface area (TPSA) is 59.0 Å². The van der Waals surface area contributed by atoms with Crippen LogP contribution in [-0.2, 0) is 0 Å². The smallest absolute Gasteiger partial charge is 0.165 e. The Bertz CT molecular complexity index is 450. The first kappa shape index (κ1) is 14.5. The summed E-state index contributed by atoms with van der Waals surface area (Å²) < 4.78 is 19.0. The molecule has 4 heteroatoms. The van der Waals surface area contributed by atoms with Gasteiger partial charge >= 0.3 is 0 Å². The van der Waals surface area contributed by atoms with E-state index in [1.807, 2.05) is 13.8 Å². The van der Waals surface area contributed by atoms with Crippen LogP contribution in [0.15, 0.2) is 18.2 Å². The highest BCUT2D eigenvalue weighted by atomic mass is 19.1. The van der Waals surface area contributed by atoms with Crippen LogP contribution in [0.5, 0.6) is 5.75 Å². The number of hydrogen-bond acceptors (Lipinski definition) is 3. The third-order valence-corrected chi connectivity index (χ3v) is 2.77. The lowest BCUT2D eigenvalue weighted by Gasteiger charge is -2.16. The van der Waals surface area contributed by atoms with E-state index in [0.29, 0.717) is 13.0 Å². The van der Waals surface area contributed by atoms with Crippen LogP contribution in [0.2, 0.25) is 0 Å². The van der Waals surface area contributed by atoms with Crippen LogP contribution in [0, 0.1) is 22.6 Å². The fourth-order valence-electron chi connectivity index (χ4n) is 1.39. The monoisotopic (exact) mass is 250 g/mol. The molecule has 1 atom stereocenters. The van der Waals surface area contributed by atoms with Crippen molar-refractivity contribution in [3.05, 3.63) is 29.6 Å². The average molecular weight is 250 g/mol. The van der Waals surface area contributed by atoms with Gasteiger partial charge in [0.2, 0.25) is 0 Å². The van der Waals surface area contributed by atoms with Crippen molar-refractivity contribution in [2.75, 3.05) is 6.61 Å². The summed E-state index contributed by atoms with van der Waals surface area (Å²) in [4.78, 5) is 0. The molecule has 0 aromatic heterocycles. The number of nitriles is 1. The van der Waals surface area contributed by atoms with Crippen LogP contribution in [0.3, 0.4) is 0 Å². The van der Waals surface area contributed by atoms with Crippen LogP contribution < -0.4 is 10.5 Å². The Labute approximate surface area is 107 Å². The molecule has 18 heavy (non-hydrogen) atoms. The lowest BCUT2D eigenvalue weighted by atomic mass is 9.92. The quantitative estimate of drug-likeness (QED) is 0.873. The number of nitrogens with two attached hydrogens (primary N) is 1. The standard InChI is InChI=1S/C14H19FN2O/c1-10(17)11-4-5-13(12(15)8-11)18-7-6-14(2,3)9-16/h4-5,8,10H,6-7,17H2,1-3H3/t10-/m0/s1. The number of hydrogen-bond donors (Lipinski definition) is 1. The van der Waals surface area contributed by atoms with E-state index >= 15 is 0 Å². The number of rotatable bonds is 5. The Morgan fingerprint density at radius 3 is 2.67 bits per heavy atom. The van der Waals surface area contributed by atoms with Crippen molar-refractivity contribution in [3.63, 3.8) is 0 Å². The molecule has 0 aliphatic heterocycles. The summed E-state index contributed by atoms with van der Waals surface area (Å²) in [5.41, 5.74) is 5.94. The molecular weight excluding hydrogens is 231 g/mol. The van der Waals surface area contributed by atoms with Gasteiger partial charge in [-0.25, -0.2) is 4.39 Å². The Hall–Kier alpha value is -1.60. The molecule has 0 heterocycles. The minimum absolute atomic E-state index is 0.202. The maximum Gasteiger partial charge on any atom is 0.165 e. The molecule has 0 aliphatic rings. The highest BCUT2D eigenvalue weighted by molar-refractivity contribution is 5.30. The highest BCUT2D eigenvalue weighted by Crippen LogP contribution is 2.23. The van der Waals surface area contributed by atoms with Gasteiger partial charge in [0.1, 0.15) is 0 Å². The summed E-state index contributed by atoms with van der Waals surface area (Å²) in [6, 6.07) is 6.68. The first-order valence-corrected chi connectivity index (χ1v) is 5.95. The van der Waals surface area contributed by atoms with Crippen molar-refractivity contribution in [2.24, 2.45) is 11.1 Å². The second kappa shape index (κ2) is 5.83. The molecular formula is C14H19FN2O. The van der Waals surface area contributed by atoms with Gasteiger partial charge in [-0.1, -0.05) is 6.07 Å². The Balaban J connectivity index is 2.62. The lowest BCUT2D eigenvalue weighted by molar-refractivity contribution is 0.254. The first-order valence-electron chi connectivity index (χ1n) is 5.95. The fraction of sp³-hybridized carbons (Fsp3) is 0.500. The van der Waals surface area contributed by atoms with Crippen molar-refractivity contribution >= 4 is 0 Å². The van der Waals surface area contributed by atoms with Gasteiger partial charge in [0, 0.05) is 6.04 Å². The Kier molecular flexibility index (Phi) is 4.69. The van der Waals surface area contributed by atoms with Crippen molar-refractivity contribution in [1.29, 1.82) is 5.26 Å². The largest absolute Gasteiger partial charge is 0.490 e. The van der Waals surface area contributed by atoms with E-state index in [9.17, 15) is 4.39 Å². The summed E-state index contributed by atoms with van der Waals surface area (Å²) in [5, 5.41) is 8.85. The van der Waals surface area contributed by atoms with Crippen LogP contribution >= 0.6 is 0 Å². The fourth-order valence-corrected chi connectivity index (χ4v) is 1.39. The van der Waals surface area contributed by atoms with Gasteiger partial charge in [-0.05, 0) is 44.9 Å². The molecule has 98 valence electrons. The van der Waals surface area contributed by atoms with E-state index in [2.05, 4.69) is 6.07 Å². The van der Waals surface area contributed by atoms with Gasteiger partial charge in [-0.3, -0.25) is 0 Å². The van der Waals surface area contributed by atoms with Crippen molar-refractivity contribution in [1.82, 2.24) is 0 Å². The highest BCUT2D eigenvalue weighted by Gasteiger charge is 2.17. The minimum atomic E-state index is -0.456. The number of ether oxygens (including phenoxy) is 1. The number of benzene rings is 1. The molecule has 3 nitrogen and oxygen atoms in total. The molecule has 1 rings (SSSR count). The average Bonchev–Trinajstić information content (AvgIpc) is 2.31. The third-order valence-electron chi connectivity index (χ3n) is 2.77. The molecule has 0 unspecified atom stereocenters. The van der Waals surface area contributed by atoms with E-state index in [0.717, 1.165) is 5.56 Å². The molecule has 1 aromatic rings. The molecule has 2 N–H and O–H groups in total. The number of halogens is 1. The Morgan fingerprint density at radius 1 is 1.50 bits per heavy atom. The molecule has 0 radical (unpaired) electrons. The van der Waals surface area contributed by atoms with Crippen LogP contribution in [-0.4, -0.2) is 6.61 Å². The molecule has 1 aromatic carbocycles.